The molecule has 1 aromatic carbocycles. The van der Waals surface area contributed by atoms with Gasteiger partial charge in [-0.1, -0.05) is 0 Å². The lowest BCUT2D eigenvalue weighted by atomic mass is 10.2. The van der Waals surface area contributed by atoms with Crippen LogP contribution in [0.25, 0.3) is 0 Å². The second kappa shape index (κ2) is 5.18. The minimum Gasteiger partial charge on any atom is -0.481 e. The number of ether oxygens (including phenoxy) is 1. The molecule has 0 fully saturated rings. The molecule has 2 N–H and O–H groups in total. The third kappa shape index (κ3) is 2.68. The van der Waals surface area contributed by atoms with Crippen molar-refractivity contribution in [2.75, 3.05) is 6.54 Å². The van der Waals surface area contributed by atoms with E-state index in [0.717, 1.165) is 17.9 Å². The van der Waals surface area contributed by atoms with Crippen molar-refractivity contribution in [1.82, 2.24) is 0 Å². The van der Waals surface area contributed by atoms with E-state index in [4.69, 9.17) is 14.9 Å². The average molecular weight is 253 g/mol. The van der Waals surface area contributed by atoms with Gasteiger partial charge in [0.25, 0.3) is 0 Å². The molecular formula is C13H13F2NO2. The van der Waals surface area contributed by atoms with Crippen molar-refractivity contribution in [3.8, 4) is 5.75 Å². The smallest absolute Gasteiger partial charge is 0.168 e. The molecule has 0 spiro atoms. The molecule has 0 saturated heterocycles. The van der Waals surface area contributed by atoms with Gasteiger partial charge in [-0.15, -0.1) is 0 Å². The Morgan fingerprint density at radius 3 is 2.56 bits per heavy atom. The summed E-state index contributed by atoms with van der Waals surface area (Å²) in [6, 6.07) is 6.86. The van der Waals surface area contributed by atoms with Gasteiger partial charge in [0.1, 0.15) is 17.3 Å². The van der Waals surface area contributed by atoms with Crippen LogP contribution >= 0.6 is 0 Å². The Hall–Kier alpha value is -1.88. The fraction of sp³-hybridized carbons (Fsp3) is 0.231. The molecule has 0 aliphatic heterocycles. The van der Waals surface area contributed by atoms with E-state index in [9.17, 15) is 8.78 Å². The summed E-state index contributed by atoms with van der Waals surface area (Å²) >= 11 is 0. The third-order valence-electron chi connectivity index (χ3n) is 2.46. The molecule has 5 heteroatoms. The van der Waals surface area contributed by atoms with Crippen LogP contribution in [0.1, 0.15) is 17.6 Å². The van der Waals surface area contributed by atoms with Gasteiger partial charge in [-0.3, -0.25) is 0 Å². The zero-order chi connectivity index (χ0) is 13.1. The van der Waals surface area contributed by atoms with Crippen molar-refractivity contribution in [3.63, 3.8) is 0 Å². The Balaban J connectivity index is 2.17. The van der Waals surface area contributed by atoms with Gasteiger partial charge in [0.15, 0.2) is 17.7 Å². The molecule has 0 radical (unpaired) electrons. The first-order chi connectivity index (χ1) is 8.60. The van der Waals surface area contributed by atoms with E-state index in [1.165, 1.54) is 6.07 Å². The Kier molecular flexibility index (Phi) is 3.62. The fourth-order valence-corrected chi connectivity index (χ4v) is 1.56. The van der Waals surface area contributed by atoms with E-state index in [1.807, 2.05) is 0 Å². The summed E-state index contributed by atoms with van der Waals surface area (Å²) in [7, 11) is 0. The Morgan fingerprint density at radius 1 is 1.22 bits per heavy atom. The maximum atomic E-state index is 13.0. The third-order valence-corrected chi connectivity index (χ3v) is 2.46. The van der Waals surface area contributed by atoms with E-state index >= 15 is 0 Å². The second-order valence-electron chi connectivity index (χ2n) is 3.87. The molecule has 0 saturated carbocycles. The van der Waals surface area contributed by atoms with Crippen molar-refractivity contribution in [3.05, 3.63) is 53.5 Å². The molecule has 1 atom stereocenters. The Labute approximate surface area is 103 Å². The molecule has 0 amide bonds. The molecule has 1 heterocycles. The number of rotatable bonds is 4. The summed E-state index contributed by atoms with van der Waals surface area (Å²) in [5.41, 5.74) is 5.58. The van der Waals surface area contributed by atoms with Gasteiger partial charge in [0.2, 0.25) is 0 Å². The molecule has 2 aromatic rings. The predicted octanol–water partition coefficient (Wildman–Crippen LogP) is 2.95. The first-order valence-corrected chi connectivity index (χ1v) is 5.48. The summed E-state index contributed by atoms with van der Waals surface area (Å²) in [5.74, 6) is -0.380. The minimum absolute atomic E-state index is 0.173. The van der Waals surface area contributed by atoms with Crippen molar-refractivity contribution < 1.29 is 17.9 Å². The van der Waals surface area contributed by atoms with Crippen LogP contribution in [0.15, 0.2) is 34.7 Å². The van der Waals surface area contributed by atoms with Crippen LogP contribution in [-0.4, -0.2) is 6.54 Å². The van der Waals surface area contributed by atoms with Crippen molar-refractivity contribution in [2.24, 2.45) is 5.73 Å². The first-order valence-electron chi connectivity index (χ1n) is 5.48. The summed E-state index contributed by atoms with van der Waals surface area (Å²) in [5, 5.41) is 0. The van der Waals surface area contributed by atoms with Gasteiger partial charge in [-0.05, 0) is 31.2 Å². The lowest BCUT2D eigenvalue weighted by Gasteiger charge is -2.15. The topological polar surface area (TPSA) is 48.4 Å². The highest BCUT2D eigenvalue weighted by molar-refractivity contribution is 5.24. The highest BCUT2D eigenvalue weighted by Crippen LogP contribution is 2.24. The summed E-state index contributed by atoms with van der Waals surface area (Å²) in [4.78, 5) is 0. The molecule has 0 aliphatic carbocycles. The van der Waals surface area contributed by atoms with E-state index in [0.29, 0.717) is 5.76 Å². The number of halogens is 2. The molecule has 1 unspecified atom stereocenters. The van der Waals surface area contributed by atoms with Crippen LogP contribution in [0.3, 0.4) is 0 Å². The molecule has 3 nitrogen and oxygen atoms in total. The summed E-state index contributed by atoms with van der Waals surface area (Å²) in [6.07, 6.45) is -0.524. The lowest BCUT2D eigenvalue weighted by molar-refractivity contribution is 0.181. The van der Waals surface area contributed by atoms with Crippen molar-refractivity contribution in [2.45, 2.75) is 13.0 Å². The van der Waals surface area contributed by atoms with Gasteiger partial charge < -0.3 is 14.9 Å². The standard InChI is InChI=1S/C13H13F2NO2/c1-8-2-5-12(17-8)13(7-16)18-9-3-4-10(14)11(15)6-9/h2-6,13H,7,16H2,1H3. The van der Waals surface area contributed by atoms with Crippen LogP contribution in [0.5, 0.6) is 5.75 Å². The zero-order valence-corrected chi connectivity index (χ0v) is 9.82. The normalized spacial score (nSPS) is 12.4. The molecule has 1 aromatic heterocycles. The zero-order valence-electron chi connectivity index (χ0n) is 9.82. The highest BCUT2D eigenvalue weighted by Gasteiger charge is 2.16. The minimum atomic E-state index is -0.959. The quantitative estimate of drug-likeness (QED) is 0.911. The molecule has 18 heavy (non-hydrogen) atoms. The van der Waals surface area contributed by atoms with E-state index in [1.54, 1.807) is 19.1 Å². The van der Waals surface area contributed by atoms with Crippen LogP contribution in [0.4, 0.5) is 8.78 Å². The maximum absolute atomic E-state index is 13.0. The van der Waals surface area contributed by atoms with Gasteiger partial charge in [0, 0.05) is 12.6 Å². The van der Waals surface area contributed by atoms with Gasteiger partial charge in [-0.25, -0.2) is 8.78 Å². The number of hydrogen-bond donors (Lipinski definition) is 1. The first kappa shape index (κ1) is 12.6. The maximum Gasteiger partial charge on any atom is 0.168 e. The van der Waals surface area contributed by atoms with Gasteiger partial charge in [-0.2, -0.15) is 0 Å². The predicted molar refractivity (Wildman–Crippen MR) is 62.2 cm³/mol. The molecule has 96 valence electrons. The Morgan fingerprint density at radius 2 is 2.00 bits per heavy atom. The van der Waals surface area contributed by atoms with E-state index in [2.05, 4.69) is 0 Å². The molecule has 0 bridgehead atoms. The number of nitrogens with two attached hydrogens (primary N) is 1. The van der Waals surface area contributed by atoms with Crippen LogP contribution in [-0.2, 0) is 0 Å². The van der Waals surface area contributed by atoms with Crippen molar-refractivity contribution in [1.29, 1.82) is 0 Å². The molecular weight excluding hydrogens is 240 g/mol. The van der Waals surface area contributed by atoms with Crippen LogP contribution in [0.2, 0.25) is 0 Å². The van der Waals surface area contributed by atoms with E-state index < -0.39 is 17.7 Å². The second-order valence-corrected chi connectivity index (χ2v) is 3.87. The molecule has 2 rings (SSSR count). The summed E-state index contributed by atoms with van der Waals surface area (Å²) in [6.45, 7) is 1.97. The monoisotopic (exact) mass is 253 g/mol. The SMILES string of the molecule is Cc1ccc(C(CN)Oc2ccc(F)c(F)c2)o1. The fourth-order valence-electron chi connectivity index (χ4n) is 1.56. The van der Waals surface area contributed by atoms with Crippen molar-refractivity contribution >= 4 is 0 Å². The summed E-state index contributed by atoms with van der Waals surface area (Å²) < 4.78 is 36.7. The van der Waals surface area contributed by atoms with Gasteiger partial charge in [0.05, 0.1) is 0 Å². The van der Waals surface area contributed by atoms with E-state index in [-0.39, 0.29) is 12.3 Å². The Bertz CT molecular complexity index is 540. The largest absolute Gasteiger partial charge is 0.481 e. The average Bonchev–Trinajstić information content (AvgIpc) is 2.77. The van der Waals surface area contributed by atoms with Crippen LogP contribution in [0, 0.1) is 18.6 Å². The molecule has 0 aliphatic rings. The van der Waals surface area contributed by atoms with Gasteiger partial charge >= 0.3 is 0 Å². The highest BCUT2D eigenvalue weighted by atomic mass is 19.2. The van der Waals surface area contributed by atoms with Crippen LogP contribution < -0.4 is 10.5 Å². The number of benzene rings is 1. The number of aryl methyl sites for hydroxylation is 1. The lowest BCUT2D eigenvalue weighted by Crippen LogP contribution is -2.18. The number of hydrogen-bond acceptors (Lipinski definition) is 3. The number of furan rings is 1.